The molecule has 1 aliphatic rings. The molecule has 4 nitrogen and oxygen atoms in total. The molecule has 1 fully saturated rings. The highest BCUT2D eigenvalue weighted by atomic mass is 35.5. The maximum Gasteiger partial charge on any atom is 0.254 e. The van der Waals surface area contributed by atoms with E-state index in [1.54, 1.807) is 0 Å². The van der Waals surface area contributed by atoms with Crippen molar-refractivity contribution in [3.8, 4) is 0 Å². The third-order valence-corrected chi connectivity index (χ3v) is 2.88. The highest BCUT2D eigenvalue weighted by Crippen LogP contribution is 2.16. The largest absolute Gasteiger partial charge is 0.366 e. The van der Waals surface area contributed by atoms with Crippen LogP contribution in [0.5, 0.6) is 0 Å². The number of hydrogen-bond acceptors (Lipinski definition) is 3. The fourth-order valence-electron chi connectivity index (χ4n) is 1.90. The highest BCUT2D eigenvalue weighted by Gasteiger charge is 2.22. The molecule has 2 N–H and O–H groups in total. The van der Waals surface area contributed by atoms with Gasteiger partial charge in [-0.3, -0.25) is 4.79 Å². The van der Waals surface area contributed by atoms with Crippen molar-refractivity contribution in [2.24, 2.45) is 0 Å². The Hall–Kier alpha value is -1.10. The van der Waals surface area contributed by atoms with Crippen molar-refractivity contribution >= 4 is 24.0 Å². The predicted molar refractivity (Wildman–Crippen MR) is 74.3 cm³/mol. The molecule has 2 rings (SSSR count). The third kappa shape index (κ3) is 3.70. The number of nitrogens with one attached hydrogen (secondary N) is 2. The molecule has 5 heteroatoms. The van der Waals surface area contributed by atoms with E-state index in [4.69, 9.17) is 4.74 Å². The van der Waals surface area contributed by atoms with Crippen LogP contribution >= 0.6 is 12.4 Å². The molecule has 18 heavy (non-hydrogen) atoms. The lowest BCUT2D eigenvalue weighted by atomic mass is 10.1. The molecule has 1 aromatic carbocycles. The monoisotopic (exact) mass is 270 g/mol. The molecule has 1 saturated heterocycles. The Balaban J connectivity index is 0.00000162. The molecule has 0 saturated carbocycles. The van der Waals surface area contributed by atoms with Crippen molar-refractivity contribution in [2.45, 2.75) is 19.4 Å². The number of amides is 1. The number of morpholine rings is 1. The van der Waals surface area contributed by atoms with E-state index in [-0.39, 0.29) is 24.4 Å². The van der Waals surface area contributed by atoms with E-state index in [2.05, 4.69) is 17.6 Å². The number of ether oxygens (including phenoxy) is 1. The molecule has 0 aliphatic carbocycles. The maximum atomic E-state index is 12.0. The average Bonchev–Trinajstić information content (AvgIpc) is 2.40. The van der Waals surface area contributed by atoms with Crippen molar-refractivity contribution < 1.29 is 9.53 Å². The van der Waals surface area contributed by atoms with Gasteiger partial charge in [0.05, 0.1) is 6.61 Å². The number of rotatable bonds is 3. The Bertz CT molecular complexity index is 392. The van der Waals surface area contributed by atoms with Gasteiger partial charge in [-0.1, -0.05) is 25.1 Å². The maximum absolute atomic E-state index is 12.0. The van der Waals surface area contributed by atoms with Crippen molar-refractivity contribution in [3.05, 3.63) is 29.8 Å². The van der Waals surface area contributed by atoms with Gasteiger partial charge in [0.15, 0.2) is 0 Å². The lowest BCUT2D eigenvalue weighted by Gasteiger charge is -2.23. The van der Waals surface area contributed by atoms with Gasteiger partial charge in [0, 0.05) is 18.8 Å². The van der Waals surface area contributed by atoms with E-state index in [1.807, 2.05) is 24.3 Å². The van der Waals surface area contributed by atoms with Crippen LogP contribution in [0.1, 0.15) is 12.5 Å². The molecular weight excluding hydrogens is 252 g/mol. The summed E-state index contributed by atoms with van der Waals surface area (Å²) in [7, 11) is 0. The van der Waals surface area contributed by atoms with Crippen LogP contribution < -0.4 is 10.6 Å². The molecule has 0 aromatic heterocycles. The number of para-hydroxylation sites is 1. The Labute approximate surface area is 114 Å². The average molecular weight is 271 g/mol. The van der Waals surface area contributed by atoms with Crippen LogP contribution in [0.3, 0.4) is 0 Å². The Morgan fingerprint density at radius 3 is 2.94 bits per heavy atom. The van der Waals surface area contributed by atoms with Crippen LogP contribution in [0.15, 0.2) is 24.3 Å². The number of carbonyl (C=O) groups is 1. The molecule has 1 unspecified atom stereocenters. The smallest absolute Gasteiger partial charge is 0.254 e. The second kappa shape index (κ2) is 7.36. The SMILES string of the molecule is CCc1ccccc1NC(=O)C1CNCCO1.Cl. The van der Waals surface area contributed by atoms with Gasteiger partial charge in [-0.05, 0) is 18.1 Å². The molecule has 0 spiro atoms. The highest BCUT2D eigenvalue weighted by molar-refractivity contribution is 5.95. The summed E-state index contributed by atoms with van der Waals surface area (Å²) in [6, 6.07) is 7.85. The second-order valence-electron chi connectivity index (χ2n) is 4.06. The van der Waals surface area contributed by atoms with Gasteiger partial charge < -0.3 is 15.4 Å². The fourth-order valence-corrected chi connectivity index (χ4v) is 1.90. The van der Waals surface area contributed by atoms with Gasteiger partial charge in [-0.15, -0.1) is 12.4 Å². The number of aryl methyl sites for hydroxylation is 1. The summed E-state index contributed by atoms with van der Waals surface area (Å²) < 4.78 is 5.41. The van der Waals surface area contributed by atoms with E-state index < -0.39 is 0 Å². The van der Waals surface area contributed by atoms with Gasteiger partial charge in [0.1, 0.15) is 6.10 Å². The second-order valence-corrected chi connectivity index (χ2v) is 4.06. The van der Waals surface area contributed by atoms with Crippen LogP contribution in [0.2, 0.25) is 0 Å². The first-order chi connectivity index (χ1) is 8.31. The van der Waals surface area contributed by atoms with Gasteiger partial charge in [0.2, 0.25) is 0 Å². The molecular formula is C13H19ClN2O2. The molecule has 0 bridgehead atoms. The van der Waals surface area contributed by atoms with Gasteiger partial charge in [-0.25, -0.2) is 0 Å². The Kier molecular flexibility index (Phi) is 6.12. The lowest BCUT2D eigenvalue weighted by Crippen LogP contribution is -2.45. The summed E-state index contributed by atoms with van der Waals surface area (Å²) in [5.41, 5.74) is 2.03. The number of halogens is 1. The molecule has 100 valence electrons. The quantitative estimate of drug-likeness (QED) is 0.877. The number of hydrogen-bond donors (Lipinski definition) is 2. The lowest BCUT2D eigenvalue weighted by molar-refractivity contribution is -0.128. The minimum Gasteiger partial charge on any atom is -0.366 e. The standard InChI is InChI=1S/C13H18N2O2.ClH/c1-2-10-5-3-4-6-11(10)15-13(16)12-9-14-7-8-17-12;/h3-6,12,14H,2,7-9H2,1H3,(H,15,16);1H. The van der Waals surface area contributed by atoms with Crippen molar-refractivity contribution in [3.63, 3.8) is 0 Å². The Morgan fingerprint density at radius 1 is 1.50 bits per heavy atom. The van der Waals surface area contributed by atoms with Gasteiger partial charge in [0.25, 0.3) is 5.91 Å². The number of carbonyl (C=O) groups excluding carboxylic acids is 1. The molecule has 1 heterocycles. The van der Waals surface area contributed by atoms with Crippen LogP contribution in [-0.4, -0.2) is 31.7 Å². The molecule has 1 aliphatic heterocycles. The molecule has 1 atom stereocenters. The van der Waals surface area contributed by atoms with Crippen molar-refractivity contribution in [2.75, 3.05) is 25.0 Å². The summed E-state index contributed by atoms with van der Waals surface area (Å²) in [5.74, 6) is -0.0712. The minimum atomic E-state index is -0.381. The normalized spacial score (nSPS) is 18.8. The van der Waals surface area contributed by atoms with Gasteiger partial charge >= 0.3 is 0 Å². The predicted octanol–water partition coefficient (Wildman–Crippen LogP) is 1.60. The number of anilines is 1. The first kappa shape index (κ1) is 15.0. The first-order valence-corrected chi connectivity index (χ1v) is 6.02. The van der Waals surface area contributed by atoms with Crippen molar-refractivity contribution in [1.82, 2.24) is 5.32 Å². The molecule has 0 radical (unpaired) electrons. The van der Waals surface area contributed by atoms with Crippen LogP contribution in [-0.2, 0) is 16.0 Å². The zero-order chi connectivity index (χ0) is 12.1. The van der Waals surface area contributed by atoms with Crippen LogP contribution in [0.4, 0.5) is 5.69 Å². The van der Waals surface area contributed by atoms with E-state index >= 15 is 0 Å². The summed E-state index contributed by atoms with van der Waals surface area (Å²) >= 11 is 0. The zero-order valence-electron chi connectivity index (χ0n) is 10.4. The summed E-state index contributed by atoms with van der Waals surface area (Å²) in [4.78, 5) is 12.0. The van der Waals surface area contributed by atoms with Gasteiger partial charge in [-0.2, -0.15) is 0 Å². The fraction of sp³-hybridized carbons (Fsp3) is 0.462. The van der Waals surface area contributed by atoms with Crippen LogP contribution in [0.25, 0.3) is 0 Å². The van der Waals surface area contributed by atoms with E-state index in [1.165, 1.54) is 0 Å². The summed E-state index contributed by atoms with van der Waals surface area (Å²) in [6.07, 6.45) is 0.522. The molecule has 1 amide bonds. The number of benzene rings is 1. The topological polar surface area (TPSA) is 50.4 Å². The molecule has 1 aromatic rings. The Morgan fingerprint density at radius 2 is 2.28 bits per heavy atom. The van der Waals surface area contributed by atoms with E-state index in [0.29, 0.717) is 13.2 Å². The van der Waals surface area contributed by atoms with Crippen molar-refractivity contribution in [1.29, 1.82) is 0 Å². The summed E-state index contributed by atoms with van der Waals surface area (Å²) in [6.45, 7) is 4.06. The minimum absolute atomic E-state index is 0. The summed E-state index contributed by atoms with van der Waals surface area (Å²) in [5, 5.41) is 6.07. The third-order valence-electron chi connectivity index (χ3n) is 2.88. The zero-order valence-corrected chi connectivity index (χ0v) is 11.3. The first-order valence-electron chi connectivity index (χ1n) is 6.02. The van der Waals surface area contributed by atoms with E-state index in [9.17, 15) is 4.79 Å². The van der Waals surface area contributed by atoms with E-state index in [0.717, 1.165) is 24.2 Å². The van der Waals surface area contributed by atoms with Crippen LogP contribution in [0, 0.1) is 0 Å².